The predicted molar refractivity (Wildman–Crippen MR) is 119 cm³/mol. The summed E-state index contributed by atoms with van der Waals surface area (Å²) in [6, 6.07) is 15.6. The van der Waals surface area contributed by atoms with E-state index in [1.54, 1.807) is 30.3 Å². The molecule has 2 aliphatic heterocycles. The van der Waals surface area contributed by atoms with Crippen LogP contribution >= 0.6 is 0 Å². The van der Waals surface area contributed by atoms with Gasteiger partial charge in [0, 0.05) is 35.0 Å². The molecule has 33 heavy (non-hydrogen) atoms. The lowest BCUT2D eigenvalue weighted by Gasteiger charge is -2.27. The highest BCUT2D eigenvalue weighted by molar-refractivity contribution is 6.09. The van der Waals surface area contributed by atoms with Gasteiger partial charge >= 0.3 is 0 Å². The van der Waals surface area contributed by atoms with E-state index in [0.717, 1.165) is 24.0 Å². The van der Waals surface area contributed by atoms with E-state index in [-0.39, 0.29) is 40.6 Å². The molecule has 5 nitrogen and oxygen atoms in total. The summed E-state index contributed by atoms with van der Waals surface area (Å²) in [6.45, 7) is 0. The molecule has 0 aliphatic carbocycles. The molecular weight excluding hydrogens is 424 g/mol. The van der Waals surface area contributed by atoms with Crippen molar-refractivity contribution in [3.8, 4) is 17.2 Å². The summed E-state index contributed by atoms with van der Waals surface area (Å²) < 4.78 is 34.9. The number of nitrogens with zero attached hydrogens (tertiary/aromatic N) is 2. The second-order valence-corrected chi connectivity index (χ2v) is 8.09. The molecule has 3 heterocycles. The molecule has 0 saturated carbocycles. The van der Waals surface area contributed by atoms with Crippen LogP contribution in [0.5, 0.6) is 0 Å². The Morgan fingerprint density at radius 1 is 1.06 bits per heavy atom. The Kier molecular flexibility index (Phi) is 5.45. The summed E-state index contributed by atoms with van der Waals surface area (Å²) in [5.74, 6) is -1.50. The first-order chi connectivity index (χ1) is 16.0. The average molecular weight is 443 g/mol. The minimum atomic E-state index is -0.632. The van der Waals surface area contributed by atoms with Crippen LogP contribution in [0, 0.1) is 23.0 Å². The zero-order chi connectivity index (χ0) is 22.9. The monoisotopic (exact) mass is 443 g/mol. The van der Waals surface area contributed by atoms with Crippen LogP contribution in [-0.4, -0.2) is 23.1 Å². The van der Waals surface area contributed by atoms with E-state index in [1.165, 1.54) is 30.5 Å². The largest absolute Gasteiger partial charge is 0.370 e. The number of halogens is 2. The van der Waals surface area contributed by atoms with Crippen molar-refractivity contribution in [2.24, 2.45) is 0 Å². The predicted octanol–water partition coefficient (Wildman–Crippen LogP) is 5.24. The quantitative estimate of drug-likeness (QED) is 0.598. The van der Waals surface area contributed by atoms with Crippen molar-refractivity contribution in [3.63, 3.8) is 0 Å². The zero-order valence-corrected chi connectivity index (χ0v) is 17.5. The van der Waals surface area contributed by atoms with Crippen LogP contribution in [0.1, 0.15) is 30.5 Å². The van der Waals surface area contributed by atoms with E-state index in [9.17, 15) is 18.8 Å². The summed E-state index contributed by atoms with van der Waals surface area (Å²) in [4.78, 5) is 17.3. The molecule has 1 saturated heterocycles. The van der Waals surface area contributed by atoms with Crippen LogP contribution in [0.4, 0.5) is 14.5 Å². The molecule has 7 heteroatoms. The molecule has 2 aliphatic rings. The van der Waals surface area contributed by atoms with Gasteiger partial charge in [-0.05, 0) is 60.4 Å². The van der Waals surface area contributed by atoms with Crippen molar-refractivity contribution in [2.45, 2.75) is 31.5 Å². The topological polar surface area (TPSA) is 75.0 Å². The number of carbonyl (C=O) groups excluding carboxylic acids is 1. The number of pyridine rings is 1. The van der Waals surface area contributed by atoms with Gasteiger partial charge in [-0.25, -0.2) is 13.8 Å². The summed E-state index contributed by atoms with van der Waals surface area (Å²) in [5, 5.41) is 12.0. The van der Waals surface area contributed by atoms with Gasteiger partial charge in [-0.2, -0.15) is 5.26 Å². The van der Waals surface area contributed by atoms with Crippen LogP contribution in [0.2, 0.25) is 0 Å². The highest BCUT2D eigenvalue weighted by Gasteiger charge is 2.38. The fourth-order valence-corrected chi connectivity index (χ4v) is 4.53. The van der Waals surface area contributed by atoms with Crippen LogP contribution in [0.25, 0.3) is 16.7 Å². The number of hydrogen-bond acceptors (Lipinski definition) is 4. The van der Waals surface area contributed by atoms with E-state index in [4.69, 9.17) is 4.74 Å². The van der Waals surface area contributed by atoms with Crippen LogP contribution in [-0.2, 0) is 9.53 Å². The minimum absolute atomic E-state index is 0.0445. The van der Waals surface area contributed by atoms with Crippen molar-refractivity contribution < 1.29 is 18.3 Å². The molecule has 1 amide bonds. The van der Waals surface area contributed by atoms with Gasteiger partial charge in [0.25, 0.3) is 5.91 Å². The van der Waals surface area contributed by atoms with Gasteiger partial charge in [0.1, 0.15) is 23.4 Å². The number of benzene rings is 2. The number of ether oxygens (including phenoxy) is 1. The van der Waals surface area contributed by atoms with Gasteiger partial charge in [0.2, 0.25) is 0 Å². The molecule has 2 aromatic carbocycles. The third kappa shape index (κ3) is 4.01. The smallest absolute Gasteiger partial charge is 0.252 e. The standard InChI is InChI=1S/C26H19F2N3O2/c27-22-4-2-1-3-19(22)20-7-5-16(12-23(20)28)31-26(32)21-13-18-6-8-24(33-18)25(21)15-9-10-30-17(11-15)14-29/h1-5,7,9-12,18,24H,6,8,13H2,(H,31,32)/t18-,24+/m1/s1. The lowest BCUT2D eigenvalue weighted by molar-refractivity contribution is -0.113. The Morgan fingerprint density at radius 2 is 1.88 bits per heavy atom. The van der Waals surface area contributed by atoms with E-state index in [0.29, 0.717) is 12.0 Å². The molecular formula is C26H19F2N3O2. The van der Waals surface area contributed by atoms with Crippen molar-refractivity contribution in [1.82, 2.24) is 4.98 Å². The number of nitriles is 1. The number of carbonyl (C=O) groups is 1. The maximum absolute atomic E-state index is 14.8. The molecule has 2 bridgehead atoms. The van der Waals surface area contributed by atoms with Crippen LogP contribution < -0.4 is 5.32 Å². The second kappa shape index (κ2) is 8.57. The van der Waals surface area contributed by atoms with Gasteiger partial charge in [-0.15, -0.1) is 0 Å². The molecule has 2 atom stereocenters. The maximum atomic E-state index is 14.8. The molecule has 3 aromatic rings. The van der Waals surface area contributed by atoms with E-state index in [1.807, 2.05) is 6.07 Å². The highest BCUT2D eigenvalue weighted by Crippen LogP contribution is 2.42. The van der Waals surface area contributed by atoms with E-state index < -0.39 is 11.6 Å². The third-order valence-electron chi connectivity index (χ3n) is 6.04. The summed E-state index contributed by atoms with van der Waals surface area (Å²) in [6.07, 6.45) is 3.31. The third-order valence-corrected chi connectivity index (χ3v) is 6.04. The summed E-state index contributed by atoms with van der Waals surface area (Å²) >= 11 is 0. The van der Waals surface area contributed by atoms with Gasteiger partial charge in [-0.1, -0.05) is 18.2 Å². The van der Waals surface area contributed by atoms with Crippen LogP contribution in [0.15, 0.2) is 66.4 Å². The molecule has 1 fully saturated rings. The molecule has 0 radical (unpaired) electrons. The van der Waals surface area contributed by atoms with E-state index in [2.05, 4.69) is 10.3 Å². The summed E-state index contributed by atoms with van der Waals surface area (Å²) in [7, 11) is 0. The number of amides is 1. The van der Waals surface area contributed by atoms with E-state index >= 15 is 0 Å². The lowest BCUT2D eigenvalue weighted by Crippen LogP contribution is -2.27. The fraction of sp³-hybridized carbons (Fsp3) is 0.192. The van der Waals surface area contributed by atoms with Crippen molar-refractivity contribution in [3.05, 3.63) is 89.3 Å². The number of hydrogen-bond donors (Lipinski definition) is 1. The molecule has 5 rings (SSSR count). The first kappa shape index (κ1) is 21.0. The number of rotatable bonds is 4. The molecule has 1 N–H and O–H groups in total. The van der Waals surface area contributed by atoms with Crippen molar-refractivity contribution in [1.29, 1.82) is 5.26 Å². The Morgan fingerprint density at radius 3 is 2.67 bits per heavy atom. The Hall–Kier alpha value is -3.89. The summed E-state index contributed by atoms with van der Waals surface area (Å²) in [5.41, 5.74) is 2.83. The van der Waals surface area contributed by atoms with Gasteiger partial charge in [-0.3, -0.25) is 4.79 Å². The fourth-order valence-electron chi connectivity index (χ4n) is 4.53. The zero-order valence-electron chi connectivity index (χ0n) is 17.5. The normalized spacial score (nSPS) is 19.3. The molecule has 1 aromatic heterocycles. The Labute approximate surface area is 189 Å². The van der Waals surface area contributed by atoms with Crippen molar-refractivity contribution in [2.75, 3.05) is 5.32 Å². The number of fused-ring (bicyclic) bond motifs is 2. The lowest BCUT2D eigenvalue weighted by atomic mass is 9.91. The SMILES string of the molecule is N#Cc1cc(C2=C(C(=O)Nc3ccc(-c4ccccc4F)c(F)c3)C[C@H]3CC[C@@H]2O3)ccn1. The maximum Gasteiger partial charge on any atom is 0.252 e. The minimum Gasteiger partial charge on any atom is -0.370 e. The molecule has 0 unspecified atom stereocenters. The van der Waals surface area contributed by atoms with Gasteiger partial charge in [0.15, 0.2) is 0 Å². The van der Waals surface area contributed by atoms with Crippen LogP contribution in [0.3, 0.4) is 0 Å². The number of aromatic nitrogens is 1. The Balaban J connectivity index is 1.47. The highest BCUT2D eigenvalue weighted by atomic mass is 19.1. The second-order valence-electron chi connectivity index (χ2n) is 8.09. The Bertz CT molecular complexity index is 1330. The molecule has 0 spiro atoms. The number of anilines is 1. The first-order valence-corrected chi connectivity index (χ1v) is 10.6. The number of nitrogens with one attached hydrogen (secondary N) is 1. The average Bonchev–Trinajstić information content (AvgIpc) is 3.20. The first-order valence-electron chi connectivity index (χ1n) is 10.6. The van der Waals surface area contributed by atoms with Gasteiger partial charge < -0.3 is 10.1 Å². The molecule has 164 valence electrons. The van der Waals surface area contributed by atoms with Crippen molar-refractivity contribution >= 4 is 17.2 Å². The van der Waals surface area contributed by atoms with Gasteiger partial charge in [0.05, 0.1) is 12.2 Å².